The molecule has 0 aliphatic rings. The first kappa shape index (κ1) is 16.2. The van der Waals surface area contributed by atoms with Crippen molar-refractivity contribution in [1.29, 1.82) is 0 Å². The van der Waals surface area contributed by atoms with Crippen molar-refractivity contribution in [2.75, 3.05) is 5.32 Å². The maximum atomic E-state index is 12.1. The Kier molecular flexibility index (Phi) is 5.23. The number of aryl methyl sites for hydroxylation is 2. The number of anilines is 1. The van der Waals surface area contributed by atoms with Gasteiger partial charge in [-0.05, 0) is 35.7 Å². The highest BCUT2D eigenvalue weighted by atomic mass is 35.5. The molecule has 24 heavy (non-hydrogen) atoms. The number of carbonyl (C=O) groups excluding carboxylic acids is 1. The minimum Gasteiger partial charge on any atom is -0.309 e. The lowest BCUT2D eigenvalue weighted by Crippen LogP contribution is -2.15. The molecule has 0 unspecified atom stereocenters. The van der Waals surface area contributed by atoms with Gasteiger partial charge >= 0.3 is 0 Å². The van der Waals surface area contributed by atoms with Crippen LogP contribution in [0.4, 0.5) is 5.82 Å². The molecule has 0 atom stereocenters. The summed E-state index contributed by atoms with van der Waals surface area (Å²) < 4.78 is 1.81. The molecule has 0 radical (unpaired) electrons. The van der Waals surface area contributed by atoms with Crippen molar-refractivity contribution in [3.8, 4) is 0 Å². The van der Waals surface area contributed by atoms with E-state index in [4.69, 9.17) is 11.6 Å². The van der Waals surface area contributed by atoms with Gasteiger partial charge in [-0.2, -0.15) is 5.10 Å². The van der Waals surface area contributed by atoms with Gasteiger partial charge in [-0.25, -0.2) is 0 Å². The topological polar surface area (TPSA) is 59.8 Å². The highest BCUT2D eigenvalue weighted by Crippen LogP contribution is 2.16. The Balaban J connectivity index is 1.54. The van der Waals surface area contributed by atoms with Gasteiger partial charge in [0, 0.05) is 36.2 Å². The number of nitrogens with zero attached hydrogens (tertiary/aromatic N) is 3. The van der Waals surface area contributed by atoms with E-state index in [0.29, 0.717) is 10.8 Å². The predicted molar refractivity (Wildman–Crippen MR) is 94.0 cm³/mol. The number of hydrogen-bond donors (Lipinski definition) is 1. The molecule has 1 amide bonds. The lowest BCUT2D eigenvalue weighted by atomic mass is 10.1. The molecule has 1 N–H and O–H groups in total. The smallest absolute Gasteiger partial charge is 0.230 e. The Hall–Kier alpha value is -2.66. The molecule has 2 aromatic heterocycles. The zero-order chi connectivity index (χ0) is 16.8. The maximum absolute atomic E-state index is 12.1. The summed E-state index contributed by atoms with van der Waals surface area (Å²) in [5, 5.41) is 7.76. The van der Waals surface area contributed by atoms with E-state index < -0.39 is 0 Å². The fourth-order valence-electron chi connectivity index (χ4n) is 2.35. The molecule has 0 spiro atoms. The summed E-state index contributed by atoms with van der Waals surface area (Å²) in [6.07, 6.45) is 6.49. The standard InChI is InChI=1S/C18H17ClN4O/c19-16-4-2-1-3-15(16)13-18(24)21-17-8-12-23(22-17)11-7-14-5-9-20-10-6-14/h1-6,8-10,12H,7,11,13H2,(H,21,22,24). The van der Waals surface area contributed by atoms with Gasteiger partial charge in [-0.1, -0.05) is 29.8 Å². The second kappa shape index (κ2) is 7.75. The number of hydrogen-bond acceptors (Lipinski definition) is 3. The van der Waals surface area contributed by atoms with E-state index in [1.165, 1.54) is 5.56 Å². The third-order valence-corrected chi connectivity index (χ3v) is 3.96. The van der Waals surface area contributed by atoms with Gasteiger partial charge in [0.2, 0.25) is 5.91 Å². The molecule has 0 saturated heterocycles. The average Bonchev–Trinajstić information content (AvgIpc) is 3.03. The molecule has 2 heterocycles. The van der Waals surface area contributed by atoms with Crippen molar-refractivity contribution >= 4 is 23.3 Å². The first-order valence-electron chi connectivity index (χ1n) is 7.66. The molecule has 122 valence electrons. The van der Waals surface area contributed by atoms with Gasteiger partial charge in [-0.3, -0.25) is 14.5 Å². The molecular formula is C18H17ClN4O. The van der Waals surface area contributed by atoms with Crippen LogP contribution in [0.1, 0.15) is 11.1 Å². The van der Waals surface area contributed by atoms with E-state index in [-0.39, 0.29) is 12.3 Å². The maximum Gasteiger partial charge on any atom is 0.230 e. The van der Waals surface area contributed by atoms with E-state index in [1.54, 1.807) is 24.5 Å². The molecule has 1 aromatic carbocycles. The van der Waals surface area contributed by atoms with Crippen LogP contribution in [0.2, 0.25) is 5.02 Å². The molecule has 0 fully saturated rings. The van der Waals surface area contributed by atoms with Crippen LogP contribution in [0.15, 0.2) is 61.1 Å². The molecule has 0 aliphatic heterocycles. The Labute approximate surface area is 145 Å². The highest BCUT2D eigenvalue weighted by molar-refractivity contribution is 6.31. The number of halogens is 1. The van der Waals surface area contributed by atoms with E-state index in [1.807, 2.05) is 41.2 Å². The van der Waals surface area contributed by atoms with Crippen molar-refractivity contribution in [1.82, 2.24) is 14.8 Å². The summed E-state index contributed by atoms with van der Waals surface area (Å²) in [6, 6.07) is 13.1. The number of rotatable bonds is 6. The average molecular weight is 341 g/mol. The molecule has 3 rings (SSSR count). The summed E-state index contributed by atoms with van der Waals surface area (Å²) in [6.45, 7) is 0.740. The van der Waals surface area contributed by atoms with Gasteiger partial charge in [0.1, 0.15) is 0 Å². The molecule has 0 bridgehead atoms. The van der Waals surface area contributed by atoms with Crippen molar-refractivity contribution < 1.29 is 4.79 Å². The fraction of sp³-hybridized carbons (Fsp3) is 0.167. The second-order valence-electron chi connectivity index (χ2n) is 5.39. The van der Waals surface area contributed by atoms with Gasteiger partial charge in [0.15, 0.2) is 5.82 Å². The number of carbonyl (C=O) groups is 1. The minimum atomic E-state index is -0.137. The minimum absolute atomic E-state index is 0.137. The SMILES string of the molecule is O=C(Cc1ccccc1Cl)Nc1ccn(CCc2ccncc2)n1. The fourth-order valence-corrected chi connectivity index (χ4v) is 2.55. The Morgan fingerprint density at radius 2 is 1.92 bits per heavy atom. The van der Waals surface area contributed by atoms with Crippen LogP contribution in [0.3, 0.4) is 0 Å². The van der Waals surface area contributed by atoms with E-state index in [9.17, 15) is 4.79 Å². The first-order valence-corrected chi connectivity index (χ1v) is 8.04. The van der Waals surface area contributed by atoms with Crippen LogP contribution >= 0.6 is 11.6 Å². The molecule has 0 saturated carbocycles. The van der Waals surface area contributed by atoms with Crippen LogP contribution in [0.5, 0.6) is 0 Å². The third-order valence-electron chi connectivity index (χ3n) is 3.60. The van der Waals surface area contributed by atoms with Crippen molar-refractivity contribution in [3.05, 3.63) is 77.2 Å². The summed E-state index contributed by atoms with van der Waals surface area (Å²) in [7, 11) is 0. The van der Waals surface area contributed by atoms with Crippen LogP contribution in [-0.4, -0.2) is 20.7 Å². The van der Waals surface area contributed by atoms with Crippen molar-refractivity contribution in [2.24, 2.45) is 0 Å². The molecule has 3 aromatic rings. The van der Waals surface area contributed by atoms with Gasteiger partial charge in [-0.15, -0.1) is 0 Å². The van der Waals surface area contributed by atoms with Crippen LogP contribution in [0.25, 0.3) is 0 Å². The molecule has 6 heteroatoms. The summed E-state index contributed by atoms with van der Waals surface area (Å²) in [4.78, 5) is 16.1. The highest BCUT2D eigenvalue weighted by Gasteiger charge is 2.08. The molecule has 0 aliphatic carbocycles. The van der Waals surface area contributed by atoms with E-state index in [0.717, 1.165) is 18.5 Å². The van der Waals surface area contributed by atoms with Crippen molar-refractivity contribution in [2.45, 2.75) is 19.4 Å². The van der Waals surface area contributed by atoms with Gasteiger partial charge < -0.3 is 5.32 Å². The van der Waals surface area contributed by atoms with Crippen LogP contribution in [-0.2, 0) is 24.2 Å². The summed E-state index contributed by atoms with van der Waals surface area (Å²) >= 11 is 6.07. The zero-order valence-corrected chi connectivity index (χ0v) is 13.8. The van der Waals surface area contributed by atoms with Gasteiger partial charge in [0.25, 0.3) is 0 Å². The second-order valence-corrected chi connectivity index (χ2v) is 5.79. The number of nitrogens with one attached hydrogen (secondary N) is 1. The quantitative estimate of drug-likeness (QED) is 0.748. The van der Waals surface area contributed by atoms with Crippen LogP contribution in [0, 0.1) is 0 Å². The largest absolute Gasteiger partial charge is 0.309 e. The summed E-state index contributed by atoms with van der Waals surface area (Å²) in [5.74, 6) is 0.407. The molecular weight excluding hydrogens is 324 g/mol. The monoisotopic (exact) mass is 340 g/mol. The number of aromatic nitrogens is 3. The number of benzene rings is 1. The van der Waals surface area contributed by atoms with Gasteiger partial charge in [0.05, 0.1) is 6.42 Å². The van der Waals surface area contributed by atoms with Crippen molar-refractivity contribution in [3.63, 3.8) is 0 Å². The third kappa shape index (κ3) is 4.43. The number of amides is 1. The Morgan fingerprint density at radius 3 is 2.71 bits per heavy atom. The lowest BCUT2D eigenvalue weighted by molar-refractivity contribution is -0.115. The summed E-state index contributed by atoms with van der Waals surface area (Å²) in [5.41, 5.74) is 2.00. The Morgan fingerprint density at radius 1 is 1.12 bits per heavy atom. The van der Waals surface area contributed by atoms with E-state index >= 15 is 0 Å². The van der Waals surface area contributed by atoms with Crippen LogP contribution < -0.4 is 5.32 Å². The molecule has 5 nitrogen and oxygen atoms in total. The first-order chi connectivity index (χ1) is 11.7. The zero-order valence-electron chi connectivity index (χ0n) is 13.0. The van der Waals surface area contributed by atoms with E-state index in [2.05, 4.69) is 15.4 Å². The normalized spacial score (nSPS) is 10.5. The number of pyridine rings is 1. The Bertz CT molecular complexity index is 817. The lowest BCUT2D eigenvalue weighted by Gasteiger charge is -2.04. The predicted octanol–water partition coefficient (Wildman–Crippen LogP) is 3.36.